The Morgan fingerprint density at radius 3 is 2.19 bits per heavy atom. The first-order valence-corrected chi connectivity index (χ1v) is 10.1. The average Bonchev–Trinajstić information content (AvgIpc) is 2.67. The van der Waals surface area contributed by atoms with Gasteiger partial charge in [-0.25, -0.2) is 8.42 Å². The molecule has 26 heavy (non-hydrogen) atoms. The number of piperazine rings is 1. The lowest BCUT2D eigenvalue weighted by molar-refractivity contribution is 0.101. The molecule has 0 bridgehead atoms. The lowest BCUT2D eigenvalue weighted by Crippen LogP contribution is -2.49. The van der Waals surface area contributed by atoms with Crippen molar-refractivity contribution in [3.63, 3.8) is 0 Å². The van der Waals surface area contributed by atoms with Gasteiger partial charge in [0.2, 0.25) is 10.0 Å². The van der Waals surface area contributed by atoms with Crippen LogP contribution in [0.25, 0.3) is 0 Å². The summed E-state index contributed by atoms with van der Waals surface area (Å²) in [6.45, 7) is 4.77. The van der Waals surface area contributed by atoms with Crippen molar-refractivity contribution in [1.29, 1.82) is 0 Å². The number of sulfonamides is 1. The van der Waals surface area contributed by atoms with Crippen molar-refractivity contribution >= 4 is 15.8 Å². The number of aromatic nitrogens is 1. The minimum absolute atomic E-state index is 0.0724. The number of benzene rings is 1. The van der Waals surface area contributed by atoms with Gasteiger partial charge < -0.3 is 4.90 Å². The Kier molecular flexibility index (Phi) is 5.80. The Morgan fingerprint density at radius 2 is 1.62 bits per heavy atom. The smallest absolute Gasteiger partial charge is 0.243 e. The van der Waals surface area contributed by atoms with Gasteiger partial charge in [0.05, 0.1) is 4.90 Å². The zero-order chi connectivity index (χ0) is 18.6. The van der Waals surface area contributed by atoms with Crippen molar-refractivity contribution < 1.29 is 13.2 Å². The van der Waals surface area contributed by atoms with Gasteiger partial charge in [0.15, 0.2) is 5.78 Å². The van der Waals surface area contributed by atoms with Crippen LogP contribution in [0.1, 0.15) is 22.8 Å². The predicted octanol–water partition coefficient (Wildman–Crippen LogP) is 1.83. The topological polar surface area (TPSA) is 70.6 Å². The van der Waals surface area contributed by atoms with Crippen LogP contribution in [0.3, 0.4) is 0 Å². The fraction of sp³-hybridized carbons (Fsp3) is 0.368. The average molecular weight is 373 g/mol. The van der Waals surface area contributed by atoms with Crippen molar-refractivity contribution in [1.82, 2.24) is 14.2 Å². The van der Waals surface area contributed by atoms with E-state index >= 15 is 0 Å². The minimum atomic E-state index is -3.51. The van der Waals surface area contributed by atoms with E-state index in [2.05, 4.69) is 9.88 Å². The zero-order valence-electron chi connectivity index (χ0n) is 14.8. The molecule has 3 rings (SSSR count). The fourth-order valence-electron chi connectivity index (χ4n) is 3.04. The molecule has 1 saturated heterocycles. The van der Waals surface area contributed by atoms with E-state index in [-0.39, 0.29) is 10.7 Å². The van der Waals surface area contributed by atoms with E-state index in [1.54, 1.807) is 24.5 Å². The van der Waals surface area contributed by atoms with E-state index in [1.165, 1.54) is 28.9 Å². The third-order valence-electron chi connectivity index (χ3n) is 4.70. The summed E-state index contributed by atoms with van der Waals surface area (Å²) in [6, 6.07) is 10.2. The molecule has 0 unspecified atom stereocenters. The number of Topliss-reactive ketones (excluding diaryl/α,β-unsaturated/α-hetero) is 1. The zero-order valence-corrected chi connectivity index (χ0v) is 15.7. The Morgan fingerprint density at radius 1 is 1.00 bits per heavy atom. The molecule has 0 N–H and O–H groups in total. The second-order valence-corrected chi connectivity index (χ2v) is 8.37. The largest absolute Gasteiger partial charge is 0.300 e. The maximum absolute atomic E-state index is 12.8. The molecule has 7 heteroatoms. The highest BCUT2D eigenvalue weighted by Gasteiger charge is 2.28. The predicted molar refractivity (Wildman–Crippen MR) is 99.6 cm³/mol. The van der Waals surface area contributed by atoms with Crippen molar-refractivity contribution in [2.45, 2.75) is 18.2 Å². The van der Waals surface area contributed by atoms with Gasteiger partial charge in [-0.3, -0.25) is 9.78 Å². The van der Waals surface area contributed by atoms with Crippen molar-refractivity contribution in [3.05, 3.63) is 59.9 Å². The first kappa shape index (κ1) is 18.7. The van der Waals surface area contributed by atoms with E-state index < -0.39 is 10.0 Å². The monoisotopic (exact) mass is 373 g/mol. The minimum Gasteiger partial charge on any atom is -0.300 e. The second kappa shape index (κ2) is 8.07. The maximum Gasteiger partial charge on any atom is 0.243 e. The highest BCUT2D eigenvalue weighted by Crippen LogP contribution is 2.18. The van der Waals surface area contributed by atoms with Gasteiger partial charge in [-0.1, -0.05) is 12.1 Å². The number of hydrogen-bond donors (Lipinski definition) is 0. The first-order chi connectivity index (χ1) is 12.5. The van der Waals surface area contributed by atoms with Crippen LogP contribution in [-0.4, -0.2) is 61.1 Å². The summed E-state index contributed by atoms with van der Waals surface area (Å²) < 4.78 is 27.1. The molecule has 0 amide bonds. The molecular weight excluding hydrogens is 350 g/mol. The van der Waals surface area contributed by atoms with Gasteiger partial charge in [-0.15, -0.1) is 0 Å². The molecule has 0 spiro atoms. The Bertz CT molecular complexity index is 843. The van der Waals surface area contributed by atoms with E-state index in [9.17, 15) is 13.2 Å². The molecule has 1 aromatic carbocycles. The van der Waals surface area contributed by atoms with Crippen LogP contribution < -0.4 is 0 Å². The van der Waals surface area contributed by atoms with Crippen LogP contribution in [0, 0.1) is 0 Å². The molecule has 0 saturated carbocycles. The Hall–Kier alpha value is -2.09. The third kappa shape index (κ3) is 4.35. The van der Waals surface area contributed by atoms with E-state index in [4.69, 9.17) is 0 Å². The number of hydrogen-bond acceptors (Lipinski definition) is 5. The molecule has 1 aliphatic heterocycles. The number of carbonyl (C=O) groups is 1. The fourth-order valence-corrected chi connectivity index (χ4v) is 4.46. The number of pyridine rings is 1. The number of ketones is 1. The molecule has 1 aliphatic rings. The Labute approximate surface area is 154 Å². The van der Waals surface area contributed by atoms with Gasteiger partial charge >= 0.3 is 0 Å². The van der Waals surface area contributed by atoms with Crippen LogP contribution in [0.2, 0.25) is 0 Å². The molecule has 1 fully saturated rings. The van der Waals surface area contributed by atoms with Gasteiger partial charge in [-0.05, 0) is 43.2 Å². The molecule has 2 heterocycles. The van der Waals surface area contributed by atoms with Gasteiger partial charge in [0.1, 0.15) is 0 Å². The van der Waals surface area contributed by atoms with E-state index in [1.807, 2.05) is 12.1 Å². The summed E-state index contributed by atoms with van der Waals surface area (Å²) in [5, 5.41) is 0. The van der Waals surface area contributed by atoms with Gasteiger partial charge in [0, 0.05) is 50.7 Å². The number of carbonyl (C=O) groups excluding carboxylic acids is 1. The summed E-state index contributed by atoms with van der Waals surface area (Å²) >= 11 is 0. The first-order valence-electron chi connectivity index (χ1n) is 8.69. The van der Waals surface area contributed by atoms with Crippen LogP contribution in [0.4, 0.5) is 0 Å². The molecule has 0 atom stereocenters. The summed E-state index contributed by atoms with van der Waals surface area (Å²) in [4.78, 5) is 17.9. The molecule has 2 aromatic rings. The number of rotatable bonds is 6. The summed E-state index contributed by atoms with van der Waals surface area (Å²) in [7, 11) is -3.51. The van der Waals surface area contributed by atoms with Crippen molar-refractivity contribution in [2.24, 2.45) is 0 Å². The van der Waals surface area contributed by atoms with Crippen LogP contribution in [0.15, 0.2) is 53.7 Å². The quantitative estimate of drug-likeness (QED) is 0.723. The van der Waals surface area contributed by atoms with Crippen molar-refractivity contribution in [3.8, 4) is 0 Å². The van der Waals surface area contributed by atoms with Gasteiger partial charge in [0.25, 0.3) is 0 Å². The SMILES string of the molecule is CC(=O)c1ccc(S(=O)(=O)N2CCN(CCc3ccncc3)CC2)cc1. The summed E-state index contributed by atoms with van der Waals surface area (Å²) in [5.74, 6) is -0.0724. The lowest BCUT2D eigenvalue weighted by atomic mass is 10.2. The van der Waals surface area contributed by atoms with Gasteiger partial charge in [-0.2, -0.15) is 4.31 Å². The van der Waals surface area contributed by atoms with Crippen LogP contribution in [-0.2, 0) is 16.4 Å². The van der Waals surface area contributed by atoms with E-state index in [0.717, 1.165) is 26.1 Å². The summed E-state index contributed by atoms with van der Waals surface area (Å²) in [5.41, 5.74) is 1.76. The second-order valence-electron chi connectivity index (χ2n) is 6.43. The van der Waals surface area contributed by atoms with Crippen LogP contribution in [0.5, 0.6) is 0 Å². The molecule has 0 radical (unpaired) electrons. The Balaban J connectivity index is 1.57. The lowest BCUT2D eigenvalue weighted by Gasteiger charge is -2.34. The summed E-state index contributed by atoms with van der Waals surface area (Å²) in [6.07, 6.45) is 4.51. The normalized spacial score (nSPS) is 16.5. The van der Waals surface area contributed by atoms with E-state index in [0.29, 0.717) is 18.7 Å². The number of nitrogens with zero attached hydrogens (tertiary/aromatic N) is 3. The molecule has 138 valence electrons. The maximum atomic E-state index is 12.8. The highest BCUT2D eigenvalue weighted by molar-refractivity contribution is 7.89. The highest BCUT2D eigenvalue weighted by atomic mass is 32.2. The standard InChI is InChI=1S/C19H23N3O3S/c1-16(23)18-2-4-19(5-3-18)26(24,25)22-14-12-21(13-15-22)11-8-17-6-9-20-10-7-17/h2-7,9-10H,8,11-15H2,1H3. The van der Waals surface area contributed by atoms with Crippen LogP contribution >= 0.6 is 0 Å². The molecular formula is C19H23N3O3S. The molecule has 6 nitrogen and oxygen atoms in total. The third-order valence-corrected chi connectivity index (χ3v) is 6.61. The van der Waals surface area contributed by atoms with Crippen molar-refractivity contribution in [2.75, 3.05) is 32.7 Å². The molecule has 1 aromatic heterocycles. The molecule has 0 aliphatic carbocycles.